The van der Waals surface area contributed by atoms with Gasteiger partial charge in [-0.15, -0.1) is 0 Å². The van der Waals surface area contributed by atoms with Crippen LogP contribution in [0.4, 0.5) is 0 Å². The number of rotatable bonds is 4. The van der Waals surface area contributed by atoms with Crippen LogP contribution in [0.2, 0.25) is 0 Å². The molecule has 0 aromatic rings. The minimum atomic E-state index is -1.75. The van der Waals surface area contributed by atoms with E-state index in [0.29, 0.717) is 0 Å². The van der Waals surface area contributed by atoms with E-state index in [4.69, 9.17) is 17.5 Å². The Labute approximate surface area is 115 Å². The highest BCUT2D eigenvalue weighted by Gasteiger charge is 2.55. The molecule has 2 unspecified atom stereocenters. The molecule has 0 spiro atoms. The Morgan fingerprint density at radius 3 is 2.68 bits per heavy atom. The summed E-state index contributed by atoms with van der Waals surface area (Å²) in [6.07, 6.45) is -0.158. The Hall–Kier alpha value is -2.01. The maximum atomic E-state index is 12.0. The van der Waals surface area contributed by atoms with Crippen molar-refractivity contribution in [3.05, 3.63) is 0 Å². The summed E-state index contributed by atoms with van der Waals surface area (Å²) in [5.74, 6) is -3.25. The quantitative estimate of drug-likeness (QED) is 0.524. The minimum absolute atomic E-state index is 0.106. The van der Waals surface area contributed by atoms with E-state index in [1.807, 2.05) is 0 Å². The van der Waals surface area contributed by atoms with Gasteiger partial charge in [0, 0.05) is 12.8 Å². The second kappa shape index (κ2) is 5.75. The topological polar surface area (TPSA) is 108 Å². The average molecular weight is 283 g/mol. The van der Waals surface area contributed by atoms with Gasteiger partial charge in [0.2, 0.25) is 5.91 Å². The number of carbonyl (C=O) groups excluding carboxylic acids is 3. The molecular formula is C11H13N3O4S. The zero-order valence-electron chi connectivity index (χ0n) is 10.5. The van der Waals surface area contributed by atoms with Gasteiger partial charge in [-0.05, 0) is 12.2 Å². The molecule has 1 fully saturated rings. The number of ketones is 1. The molecule has 1 amide bonds. The first-order chi connectivity index (χ1) is 8.91. The van der Waals surface area contributed by atoms with E-state index in [1.165, 1.54) is 0 Å². The van der Waals surface area contributed by atoms with Crippen LogP contribution in [0.5, 0.6) is 0 Å². The molecule has 0 radical (unpaired) electrons. The van der Waals surface area contributed by atoms with Crippen LogP contribution in [0.25, 0.3) is 0 Å². The molecular weight excluding hydrogens is 270 g/mol. The molecule has 1 aliphatic heterocycles. The van der Waals surface area contributed by atoms with Crippen LogP contribution in [-0.2, 0) is 19.1 Å². The van der Waals surface area contributed by atoms with Gasteiger partial charge in [-0.2, -0.15) is 5.26 Å². The van der Waals surface area contributed by atoms with Crippen LogP contribution in [0.3, 0.4) is 0 Å². The van der Waals surface area contributed by atoms with Gasteiger partial charge >= 0.3 is 5.97 Å². The lowest BCUT2D eigenvalue weighted by Crippen LogP contribution is -2.70. The lowest BCUT2D eigenvalue weighted by atomic mass is 9.78. The maximum absolute atomic E-state index is 12.0. The molecule has 1 heterocycles. The molecule has 7 nitrogen and oxygen atoms in total. The third-order valence-corrected chi connectivity index (χ3v) is 3.08. The van der Waals surface area contributed by atoms with E-state index in [2.05, 4.69) is 15.4 Å². The van der Waals surface area contributed by atoms with Gasteiger partial charge in [0.15, 0.2) is 16.6 Å². The smallest absolute Gasteiger partial charge is 0.333 e. The number of nitriles is 1. The first kappa shape index (κ1) is 15.0. The monoisotopic (exact) mass is 283 g/mol. The molecule has 2 atom stereocenters. The average Bonchev–Trinajstić information content (AvgIpc) is 2.36. The van der Waals surface area contributed by atoms with Crippen molar-refractivity contribution in [2.45, 2.75) is 25.3 Å². The predicted molar refractivity (Wildman–Crippen MR) is 67.6 cm³/mol. The summed E-state index contributed by atoms with van der Waals surface area (Å²) < 4.78 is 4.62. The van der Waals surface area contributed by atoms with E-state index >= 15 is 0 Å². The molecule has 102 valence electrons. The Morgan fingerprint density at radius 1 is 1.58 bits per heavy atom. The van der Waals surface area contributed by atoms with Gasteiger partial charge in [0.05, 0.1) is 13.2 Å². The minimum Gasteiger partial charge on any atom is -0.467 e. The number of thiocarbonyl (C=S) groups is 1. The van der Waals surface area contributed by atoms with E-state index < -0.39 is 23.3 Å². The van der Waals surface area contributed by atoms with Crippen LogP contribution < -0.4 is 10.6 Å². The fourth-order valence-electron chi connectivity index (χ4n) is 1.89. The van der Waals surface area contributed by atoms with Gasteiger partial charge in [0.1, 0.15) is 5.78 Å². The molecule has 1 saturated heterocycles. The van der Waals surface area contributed by atoms with Crippen LogP contribution in [0.15, 0.2) is 0 Å². The number of hydrogen-bond donors (Lipinski definition) is 2. The summed E-state index contributed by atoms with van der Waals surface area (Å²) >= 11 is 4.82. The number of methoxy groups -OCH3 is 1. The normalized spacial score (nSPS) is 25.8. The second-order valence-corrected chi connectivity index (χ2v) is 4.45. The first-order valence-electron chi connectivity index (χ1n) is 5.54. The third kappa shape index (κ3) is 2.71. The highest BCUT2D eigenvalue weighted by atomic mass is 32.1. The standard InChI is InChI=1S/C11H13N3O4S/c1-3-6(15)4-11(9(17)18-2)7(5-12)8(16)13-10(19)14-11/h7H,3-4H2,1-2H3,(H2,13,14,16,19). The number of carbonyl (C=O) groups is 3. The van der Waals surface area contributed by atoms with Gasteiger partial charge in [0.25, 0.3) is 0 Å². The maximum Gasteiger partial charge on any atom is 0.333 e. The summed E-state index contributed by atoms with van der Waals surface area (Å²) in [5, 5.41) is 13.8. The molecule has 0 aliphatic carbocycles. The number of Topliss-reactive ketones (excluding diaryl/α,β-unsaturated/α-hetero) is 1. The van der Waals surface area contributed by atoms with Crippen molar-refractivity contribution in [1.29, 1.82) is 5.26 Å². The Kier molecular flexibility index (Phi) is 4.56. The Bertz CT molecular complexity index is 485. The molecule has 19 heavy (non-hydrogen) atoms. The van der Waals surface area contributed by atoms with Gasteiger partial charge in [-0.25, -0.2) is 4.79 Å². The number of amides is 1. The summed E-state index contributed by atoms with van der Waals surface area (Å²) in [6, 6.07) is 1.72. The first-order valence-corrected chi connectivity index (χ1v) is 5.94. The predicted octanol–water partition coefficient (Wildman–Crippen LogP) is -0.589. The van der Waals surface area contributed by atoms with Crippen molar-refractivity contribution in [1.82, 2.24) is 10.6 Å². The Morgan fingerprint density at radius 2 is 2.21 bits per heavy atom. The highest BCUT2D eigenvalue weighted by Crippen LogP contribution is 2.27. The van der Waals surface area contributed by atoms with Crippen molar-refractivity contribution < 1.29 is 19.1 Å². The van der Waals surface area contributed by atoms with E-state index in [1.54, 1.807) is 13.0 Å². The van der Waals surface area contributed by atoms with E-state index in [9.17, 15) is 14.4 Å². The van der Waals surface area contributed by atoms with E-state index in [0.717, 1.165) is 7.11 Å². The van der Waals surface area contributed by atoms with Crippen molar-refractivity contribution >= 4 is 35.0 Å². The zero-order valence-corrected chi connectivity index (χ0v) is 11.3. The number of ether oxygens (including phenoxy) is 1. The molecule has 0 saturated carbocycles. The van der Waals surface area contributed by atoms with Crippen LogP contribution in [0.1, 0.15) is 19.8 Å². The van der Waals surface area contributed by atoms with Gasteiger partial charge < -0.3 is 15.4 Å². The molecule has 1 aliphatic rings. The lowest BCUT2D eigenvalue weighted by molar-refractivity contribution is -0.154. The molecule has 0 bridgehead atoms. The summed E-state index contributed by atoms with van der Waals surface area (Å²) in [4.78, 5) is 35.4. The van der Waals surface area contributed by atoms with Crippen LogP contribution in [0, 0.1) is 17.2 Å². The summed E-state index contributed by atoms with van der Waals surface area (Å²) in [7, 11) is 1.12. The van der Waals surface area contributed by atoms with Crippen molar-refractivity contribution in [3.8, 4) is 6.07 Å². The third-order valence-electron chi connectivity index (χ3n) is 2.88. The molecule has 0 aromatic heterocycles. The molecule has 2 N–H and O–H groups in total. The number of nitrogens with one attached hydrogen (secondary N) is 2. The molecule has 8 heteroatoms. The van der Waals surface area contributed by atoms with Gasteiger partial charge in [-0.3, -0.25) is 9.59 Å². The zero-order chi connectivity index (χ0) is 14.6. The number of nitrogens with zero attached hydrogens (tertiary/aromatic N) is 1. The largest absolute Gasteiger partial charge is 0.467 e. The Balaban J connectivity index is 3.29. The number of hydrogen-bond acceptors (Lipinski definition) is 6. The fourth-order valence-corrected chi connectivity index (χ4v) is 2.17. The lowest BCUT2D eigenvalue weighted by Gasteiger charge is -2.38. The SMILES string of the molecule is CCC(=O)CC1(C(=O)OC)NC(=S)NC(=O)C1C#N. The molecule has 1 rings (SSSR count). The molecule has 0 aromatic carbocycles. The van der Waals surface area contributed by atoms with Crippen LogP contribution >= 0.6 is 12.2 Å². The highest BCUT2D eigenvalue weighted by molar-refractivity contribution is 7.80. The van der Waals surface area contributed by atoms with Crippen molar-refractivity contribution in [2.75, 3.05) is 7.11 Å². The summed E-state index contributed by atoms with van der Waals surface area (Å²) in [6.45, 7) is 1.62. The van der Waals surface area contributed by atoms with Crippen LogP contribution in [-0.4, -0.2) is 35.4 Å². The fraction of sp³-hybridized carbons (Fsp3) is 0.545. The summed E-state index contributed by atoms with van der Waals surface area (Å²) in [5.41, 5.74) is -1.75. The van der Waals surface area contributed by atoms with Crippen molar-refractivity contribution in [3.63, 3.8) is 0 Å². The second-order valence-electron chi connectivity index (χ2n) is 4.04. The van der Waals surface area contributed by atoms with Crippen molar-refractivity contribution in [2.24, 2.45) is 5.92 Å². The van der Waals surface area contributed by atoms with E-state index in [-0.39, 0.29) is 23.7 Å². The number of esters is 1. The van der Waals surface area contributed by atoms with Gasteiger partial charge in [-0.1, -0.05) is 6.92 Å².